The van der Waals surface area contributed by atoms with Crippen LogP contribution >= 0.6 is 11.8 Å². The van der Waals surface area contributed by atoms with Crippen LogP contribution in [0.4, 0.5) is 0 Å². The van der Waals surface area contributed by atoms with Crippen molar-refractivity contribution in [2.75, 3.05) is 18.8 Å². The monoisotopic (exact) mass is 342 g/mol. The van der Waals surface area contributed by atoms with E-state index in [0.29, 0.717) is 6.61 Å². The predicted molar refractivity (Wildman–Crippen MR) is 90.6 cm³/mol. The number of nitrogens with zero attached hydrogens (tertiary/aromatic N) is 4. The van der Waals surface area contributed by atoms with Crippen molar-refractivity contribution in [3.8, 4) is 0 Å². The maximum Gasteiger partial charge on any atom is 0.291 e. The van der Waals surface area contributed by atoms with E-state index in [2.05, 4.69) is 15.0 Å². The van der Waals surface area contributed by atoms with E-state index in [1.807, 2.05) is 35.0 Å². The lowest BCUT2D eigenvalue weighted by molar-refractivity contribution is 0.0250. The van der Waals surface area contributed by atoms with E-state index in [9.17, 15) is 4.79 Å². The van der Waals surface area contributed by atoms with Crippen LogP contribution in [0.1, 0.15) is 22.6 Å². The minimum absolute atomic E-state index is 0.0819. The standard InChI is InChI=1S/C17H18N4O2S/c22-16(15-19-5-2-6-20-15)21-11-17(12-21)7-14(10-24-17)23-9-13-3-1-4-18-8-13/h1-6,8,14H,7,9-12H2/t14-/m0/s1. The number of thioether (sulfide) groups is 1. The number of likely N-dealkylation sites (tertiary alicyclic amines) is 1. The molecule has 0 radical (unpaired) electrons. The number of carbonyl (C=O) groups is 1. The molecule has 0 bridgehead atoms. The summed E-state index contributed by atoms with van der Waals surface area (Å²) in [7, 11) is 0. The molecule has 0 aromatic carbocycles. The van der Waals surface area contributed by atoms with Gasteiger partial charge in [-0.2, -0.15) is 0 Å². The second kappa shape index (κ2) is 6.49. The number of rotatable bonds is 4. The Labute approximate surface area is 144 Å². The lowest BCUT2D eigenvalue weighted by Crippen LogP contribution is -2.61. The molecule has 0 aliphatic carbocycles. The van der Waals surface area contributed by atoms with Gasteiger partial charge in [0.05, 0.1) is 17.5 Å². The number of pyridine rings is 1. The van der Waals surface area contributed by atoms with Crippen LogP contribution in [0.25, 0.3) is 0 Å². The molecule has 2 aromatic rings. The molecule has 4 heterocycles. The topological polar surface area (TPSA) is 68.2 Å². The molecule has 1 spiro atoms. The van der Waals surface area contributed by atoms with E-state index in [0.717, 1.165) is 30.8 Å². The van der Waals surface area contributed by atoms with Crippen LogP contribution in [-0.4, -0.2) is 55.5 Å². The first-order valence-corrected chi connectivity index (χ1v) is 8.93. The van der Waals surface area contributed by atoms with Gasteiger partial charge in [-0.15, -0.1) is 11.8 Å². The molecular formula is C17H18N4O2S. The highest BCUT2D eigenvalue weighted by Crippen LogP contribution is 2.46. The van der Waals surface area contributed by atoms with Gasteiger partial charge in [0.2, 0.25) is 5.82 Å². The molecule has 2 fully saturated rings. The second-order valence-electron chi connectivity index (χ2n) is 6.23. The van der Waals surface area contributed by atoms with Crippen molar-refractivity contribution in [2.24, 2.45) is 0 Å². The van der Waals surface area contributed by atoms with Crippen LogP contribution in [0, 0.1) is 0 Å². The zero-order valence-electron chi connectivity index (χ0n) is 13.2. The van der Waals surface area contributed by atoms with Gasteiger partial charge in [0.1, 0.15) is 0 Å². The van der Waals surface area contributed by atoms with E-state index in [1.54, 1.807) is 24.7 Å². The van der Waals surface area contributed by atoms with Crippen LogP contribution in [0.15, 0.2) is 43.0 Å². The van der Waals surface area contributed by atoms with E-state index >= 15 is 0 Å². The minimum Gasteiger partial charge on any atom is -0.373 e. The number of hydrogen-bond donors (Lipinski definition) is 0. The number of hydrogen-bond acceptors (Lipinski definition) is 6. The van der Waals surface area contributed by atoms with Crippen LogP contribution in [0.5, 0.6) is 0 Å². The van der Waals surface area contributed by atoms with Gasteiger partial charge in [0.15, 0.2) is 0 Å². The third-order valence-electron chi connectivity index (χ3n) is 4.39. The van der Waals surface area contributed by atoms with Gasteiger partial charge in [0, 0.05) is 43.6 Å². The molecule has 124 valence electrons. The largest absolute Gasteiger partial charge is 0.373 e. The summed E-state index contributed by atoms with van der Waals surface area (Å²) in [6, 6.07) is 5.66. The Balaban J connectivity index is 1.28. The molecule has 0 saturated carbocycles. The molecule has 7 heteroatoms. The van der Waals surface area contributed by atoms with Crippen LogP contribution < -0.4 is 0 Å². The Kier molecular flexibility index (Phi) is 4.20. The Hall–Kier alpha value is -1.99. The molecule has 2 aliphatic heterocycles. The molecule has 0 unspecified atom stereocenters. The van der Waals surface area contributed by atoms with Gasteiger partial charge >= 0.3 is 0 Å². The van der Waals surface area contributed by atoms with Gasteiger partial charge in [-0.1, -0.05) is 6.07 Å². The summed E-state index contributed by atoms with van der Waals surface area (Å²) in [6.07, 6.45) is 8.02. The minimum atomic E-state index is -0.0819. The van der Waals surface area contributed by atoms with Crippen molar-refractivity contribution < 1.29 is 9.53 Å². The number of amides is 1. The molecule has 0 N–H and O–H groups in total. The summed E-state index contributed by atoms with van der Waals surface area (Å²) in [4.78, 5) is 26.3. The van der Waals surface area contributed by atoms with Gasteiger partial charge in [0.25, 0.3) is 5.91 Å². The predicted octanol–water partition coefficient (Wildman–Crippen LogP) is 1.79. The summed E-state index contributed by atoms with van der Waals surface area (Å²) >= 11 is 1.92. The van der Waals surface area contributed by atoms with E-state index in [1.165, 1.54) is 0 Å². The van der Waals surface area contributed by atoms with E-state index < -0.39 is 0 Å². The Morgan fingerprint density at radius 3 is 2.88 bits per heavy atom. The van der Waals surface area contributed by atoms with Gasteiger partial charge < -0.3 is 9.64 Å². The maximum atomic E-state index is 12.3. The lowest BCUT2D eigenvalue weighted by atomic mass is 9.93. The van der Waals surface area contributed by atoms with Crippen molar-refractivity contribution >= 4 is 17.7 Å². The van der Waals surface area contributed by atoms with Crippen LogP contribution in [-0.2, 0) is 11.3 Å². The lowest BCUT2D eigenvalue weighted by Gasteiger charge is -2.47. The average Bonchev–Trinajstić information content (AvgIpc) is 3.04. The summed E-state index contributed by atoms with van der Waals surface area (Å²) in [5.74, 6) is 1.17. The fourth-order valence-corrected chi connectivity index (χ4v) is 4.72. The fraction of sp³-hybridized carbons (Fsp3) is 0.412. The zero-order valence-corrected chi connectivity index (χ0v) is 14.0. The normalized spacial score (nSPS) is 21.7. The third kappa shape index (κ3) is 3.14. The Morgan fingerprint density at radius 1 is 1.29 bits per heavy atom. The summed E-state index contributed by atoms with van der Waals surface area (Å²) in [6.45, 7) is 2.10. The fourth-order valence-electron chi connectivity index (χ4n) is 3.17. The molecule has 1 amide bonds. The van der Waals surface area contributed by atoms with Crippen molar-refractivity contribution in [1.29, 1.82) is 0 Å². The molecular weight excluding hydrogens is 324 g/mol. The number of ether oxygens (including phenoxy) is 1. The summed E-state index contributed by atoms with van der Waals surface area (Å²) in [5.41, 5.74) is 1.09. The smallest absolute Gasteiger partial charge is 0.291 e. The molecule has 2 aromatic heterocycles. The highest BCUT2D eigenvalue weighted by molar-refractivity contribution is 8.01. The van der Waals surface area contributed by atoms with E-state index in [4.69, 9.17) is 4.74 Å². The van der Waals surface area contributed by atoms with Crippen LogP contribution in [0.2, 0.25) is 0 Å². The molecule has 6 nitrogen and oxygen atoms in total. The first kappa shape index (κ1) is 15.5. The zero-order chi connectivity index (χ0) is 16.4. The summed E-state index contributed by atoms with van der Waals surface area (Å²) in [5, 5.41) is 0. The maximum absolute atomic E-state index is 12.3. The Bertz CT molecular complexity index is 707. The van der Waals surface area contributed by atoms with Crippen molar-refractivity contribution in [2.45, 2.75) is 23.9 Å². The molecule has 2 saturated heterocycles. The summed E-state index contributed by atoms with van der Waals surface area (Å²) < 4.78 is 6.15. The van der Waals surface area contributed by atoms with E-state index in [-0.39, 0.29) is 22.6 Å². The van der Waals surface area contributed by atoms with Gasteiger partial charge in [-0.25, -0.2) is 9.97 Å². The first-order valence-electron chi connectivity index (χ1n) is 7.95. The molecule has 2 aliphatic rings. The second-order valence-corrected chi connectivity index (χ2v) is 7.71. The van der Waals surface area contributed by atoms with Crippen molar-refractivity contribution in [1.82, 2.24) is 19.9 Å². The third-order valence-corrected chi connectivity index (χ3v) is 5.96. The highest BCUT2D eigenvalue weighted by Gasteiger charge is 2.51. The highest BCUT2D eigenvalue weighted by atomic mass is 32.2. The van der Waals surface area contributed by atoms with Gasteiger partial charge in [-0.05, 0) is 24.1 Å². The molecule has 4 rings (SSSR count). The van der Waals surface area contributed by atoms with Crippen LogP contribution in [0.3, 0.4) is 0 Å². The van der Waals surface area contributed by atoms with Crippen molar-refractivity contribution in [3.63, 3.8) is 0 Å². The molecule has 24 heavy (non-hydrogen) atoms. The van der Waals surface area contributed by atoms with Gasteiger partial charge in [-0.3, -0.25) is 9.78 Å². The van der Waals surface area contributed by atoms with Crippen molar-refractivity contribution in [3.05, 3.63) is 54.4 Å². The number of carbonyl (C=O) groups excluding carboxylic acids is 1. The quantitative estimate of drug-likeness (QED) is 0.844. The SMILES string of the molecule is O=C(c1ncccn1)N1CC2(C[C@H](OCc3cccnc3)CS2)C1. The Morgan fingerprint density at radius 2 is 2.12 bits per heavy atom. The molecule has 1 atom stereocenters. The first-order chi connectivity index (χ1) is 11.7. The average molecular weight is 342 g/mol. The number of aromatic nitrogens is 3.